The number of alkyl halides is 1. The lowest BCUT2D eigenvalue weighted by molar-refractivity contribution is 0.0680. The average molecular weight is 393 g/mol. The highest BCUT2D eigenvalue weighted by atomic mass is 79.9. The molecule has 106 valence electrons. The Kier molecular flexibility index (Phi) is 6.86. The van der Waals surface area contributed by atoms with E-state index < -0.39 is 0 Å². The summed E-state index contributed by atoms with van der Waals surface area (Å²) in [7, 11) is 0. The zero-order valence-corrected chi connectivity index (χ0v) is 14.4. The van der Waals surface area contributed by atoms with Gasteiger partial charge in [0.1, 0.15) is 5.75 Å². The van der Waals surface area contributed by atoms with Crippen LogP contribution in [0.4, 0.5) is 0 Å². The Morgan fingerprint density at radius 1 is 1.37 bits per heavy atom. The van der Waals surface area contributed by atoms with Gasteiger partial charge in [0, 0.05) is 22.4 Å². The van der Waals surface area contributed by atoms with Crippen molar-refractivity contribution in [3.05, 3.63) is 28.2 Å². The van der Waals surface area contributed by atoms with Crippen molar-refractivity contribution in [2.24, 2.45) is 0 Å². The largest absolute Gasteiger partial charge is 0.507 e. The van der Waals surface area contributed by atoms with E-state index in [2.05, 4.69) is 45.7 Å². The maximum absolute atomic E-state index is 12.6. The lowest BCUT2D eigenvalue weighted by Gasteiger charge is -2.30. The standard InChI is InChI=1S/C14H19Br2NO2/c1-3-11(4-2)17(8-7-15)14(19)12-6-5-10(16)9-13(12)18/h5-6,9,11,18H,3-4,7-8H2,1-2H3. The fourth-order valence-electron chi connectivity index (χ4n) is 2.11. The van der Waals surface area contributed by atoms with Crippen molar-refractivity contribution in [2.75, 3.05) is 11.9 Å². The number of nitrogens with zero attached hydrogens (tertiary/aromatic N) is 1. The number of aromatic hydroxyl groups is 1. The summed E-state index contributed by atoms with van der Waals surface area (Å²) in [5, 5.41) is 10.6. The minimum atomic E-state index is -0.113. The first-order valence-electron chi connectivity index (χ1n) is 6.40. The number of phenols is 1. The first-order chi connectivity index (χ1) is 9.04. The molecule has 1 N–H and O–H groups in total. The van der Waals surface area contributed by atoms with E-state index in [0.29, 0.717) is 12.1 Å². The normalized spacial score (nSPS) is 10.8. The van der Waals surface area contributed by atoms with Crippen LogP contribution in [0.1, 0.15) is 37.0 Å². The molecule has 1 aromatic carbocycles. The summed E-state index contributed by atoms with van der Waals surface area (Å²) in [4.78, 5) is 14.4. The van der Waals surface area contributed by atoms with Gasteiger partial charge < -0.3 is 10.0 Å². The first-order valence-corrected chi connectivity index (χ1v) is 8.32. The van der Waals surface area contributed by atoms with Gasteiger partial charge >= 0.3 is 0 Å². The zero-order valence-electron chi connectivity index (χ0n) is 11.2. The third-order valence-corrected chi connectivity index (χ3v) is 4.01. The number of phenolic OH excluding ortho intramolecular Hbond substituents is 1. The van der Waals surface area contributed by atoms with Gasteiger partial charge in [-0.15, -0.1) is 0 Å². The van der Waals surface area contributed by atoms with Gasteiger partial charge in [-0.25, -0.2) is 0 Å². The van der Waals surface area contributed by atoms with Crippen molar-refractivity contribution < 1.29 is 9.90 Å². The second-order valence-electron chi connectivity index (χ2n) is 4.32. The Morgan fingerprint density at radius 2 is 2.00 bits per heavy atom. The van der Waals surface area contributed by atoms with Crippen molar-refractivity contribution >= 4 is 37.8 Å². The molecule has 3 nitrogen and oxygen atoms in total. The smallest absolute Gasteiger partial charge is 0.257 e. The summed E-state index contributed by atoms with van der Waals surface area (Å²) in [5.74, 6) is -0.0944. The van der Waals surface area contributed by atoms with E-state index in [4.69, 9.17) is 0 Å². The Morgan fingerprint density at radius 3 is 2.47 bits per heavy atom. The van der Waals surface area contributed by atoms with Crippen LogP contribution in [0.2, 0.25) is 0 Å². The van der Waals surface area contributed by atoms with Gasteiger partial charge in [-0.2, -0.15) is 0 Å². The van der Waals surface area contributed by atoms with Crippen LogP contribution >= 0.6 is 31.9 Å². The monoisotopic (exact) mass is 391 g/mol. The van der Waals surface area contributed by atoms with Crippen LogP contribution in [0.15, 0.2) is 22.7 Å². The van der Waals surface area contributed by atoms with Crippen LogP contribution in [0, 0.1) is 0 Å². The minimum absolute atomic E-state index is 0.0184. The van der Waals surface area contributed by atoms with Crippen LogP contribution < -0.4 is 0 Å². The van der Waals surface area contributed by atoms with E-state index >= 15 is 0 Å². The number of amides is 1. The number of rotatable bonds is 6. The van der Waals surface area contributed by atoms with Crippen molar-refractivity contribution in [3.63, 3.8) is 0 Å². The van der Waals surface area contributed by atoms with Gasteiger partial charge in [0.15, 0.2) is 0 Å². The molecule has 0 aliphatic heterocycles. The number of halogens is 2. The maximum atomic E-state index is 12.6. The van der Waals surface area contributed by atoms with Gasteiger partial charge in [-0.05, 0) is 31.0 Å². The van der Waals surface area contributed by atoms with Crippen LogP contribution in [-0.2, 0) is 0 Å². The van der Waals surface area contributed by atoms with Crippen molar-refractivity contribution in [1.29, 1.82) is 0 Å². The highest BCUT2D eigenvalue weighted by molar-refractivity contribution is 9.10. The summed E-state index contributed by atoms with van der Waals surface area (Å²) in [6.07, 6.45) is 1.82. The molecule has 0 saturated heterocycles. The number of benzene rings is 1. The minimum Gasteiger partial charge on any atom is -0.507 e. The van der Waals surface area contributed by atoms with Crippen LogP contribution in [-0.4, -0.2) is 33.8 Å². The van der Waals surface area contributed by atoms with Gasteiger partial charge in [-0.1, -0.05) is 45.7 Å². The van der Waals surface area contributed by atoms with Crippen LogP contribution in [0.25, 0.3) is 0 Å². The van der Waals surface area contributed by atoms with Crippen molar-refractivity contribution in [3.8, 4) is 5.75 Å². The second kappa shape index (κ2) is 7.90. The number of carbonyl (C=O) groups excluding carboxylic acids is 1. The molecular formula is C14H19Br2NO2. The molecule has 0 fully saturated rings. The summed E-state index contributed by atoms with van der Waals surface area (Å²) in [6.45, 7) is 4.79. The topological polar surface area (TPSA) is 40.5 Å². The molecule has 0 aliphatic carbocycles. The molecule has 0 radical (unpaired) electrons. The molecule has 1 rings (SSSR count). The average Bonchev–Trinajstić information content (AvgIpc) is 2.38. The van der Waals surface area contributed by atoms with Crippen molar-refractivity contribution in [1.82, 2.24) is 4.90 Å². The SMILES string of the molecule is CCC(CC)N(CCBr)C(=O)c1ccc(Br)cc1O. The first kappa shape index (κ1) is 16.5. The van der Waals surface area contributed by atoms with Gasteiger partial charge in [0.25, 0.3) is 5.91 Å². The molecule has 1 amide bonds. The number of carbonyl (C=O) groups is 1. The van der Waals surface area contributed by atoms with E-state index in [-0.39, 0.29) is 17.7 Å². The third kappa shape index (κ3) is 4.21. The molecule has 0 spiro atoms. The van der Waals surface area contributed by atoms with Crippen LogP contribution in [0.5, 0.6) is 5.75 Å². The third-order valence-electron chi connectivity index (χ3n) is 3.16. The molecule has 1 aromatic rings. The maximum Gasteiger partial charge on any atom is 0.257 e. The summed E-state index contributed by atoms with van der Waals surface area (Å²) >= 11 is 6.66. The number of hydrogen-bond donors (Lipinski definition) is 1. The Balaban J connectivity index is 3.04. The van der Waals surface area contributed by atoms with Gasteiger partial charge in [0.2, 0.25) is 0 Å². The predicted molar refractivity (Wildman–Crippen MR) is 85.0 cm³/mol. The fourth-order valence-corrected chi connectivity index (χ4v) is 2.84. The van der Waals surface area contributed by atoms with E-state index in [1.165, 1.54) is 0 Å². The van der Waals surface area contributed by atoms with Gasteiger partial charge in [0.05, 0.1) is 5.56 Å². The summed E-state index contributed by atoms with van der Waals surface area (Å²) in [6, 6.07) is 5.18. The molecule has 0 aliphatic rings. The molecule has 0 bridgehead atoms. The van der Waals surface area contributed by atoms with E-state index in [1.807, 2.05) is 4.90 Å². The second-order valence-corrected chi connectivity index (χ2v) is 6.03. The lowest BCUT2D eigenvalue weighted by atomic mass is 10.1. The van der Waals surface area contributed by atoms with Crippen LogP contribution in [0.3, 0.4) is 0 Å². The highest BCUT2D eigenvalue weighted by Gasteiger charge is 2.23. The summed E-state index contributed by atoms with van der Waals surface area (Å²) in [5.41, 5.74) is 0.357. The molecule has 0 unspecified atom stereocenters. The predicted octanol–water partition coefficient (Wildman–Crippen LogP) is 4.18. The number of hydrogen-bond acceptors (Lipinski definition) is 2. The van der Waals surface area contributed by atoms with Gasteiger partial charge in [-0.3, -0.25) is 4.79 Å². The lowest BCUT2D eigenvalue weighted by Crippen LogP contribution is -2.41. The summed E-state index contributed by atoms with van der Waals surface area (Å²) < 4.78 is 0.760. The molecule has 5 heteroatoms. The zero-order chi connectivity index (χ0) is 14.4. The Labute approximate surface area is 131 Å². The highest BCUT2D eigenvalue weighted by Crippen LogP contribution is 2.25. The van der Waals surface area contributed by atoms with E-state index in [0.717, 1.165) is 22.6 Å². The van der Waals surface area contributed by atoms with Crippen molar-refractivity contribution in [2.45, 2.75) is 32.7 Å². The molecule has 0 saturated carbocycles. The molecule has 19 heavy (non-hydrogen) atoms. The molecule has 0 aromatic heterocycles. The molecule has 0 heterocycles. The Hall–Kier alpha value is -0.550. The fraction of sp³-hybridized carbons (Fsp3) is 0.500. The molecule has 0 atom stereocenters. The molecular weight excluding hydrogens is 374 g/mol. The Bertz CT molecular complexity index is 433. The van der Waals surface area contributed by atoms with E-state index in [1.54, 1.807) is 18.2 Å². The quantitative estimate of drug-likeness (QED) is 0.737. The van der Waals surface area contributed by atoms with E-state index in [9.17, 15) is 9.90 Å².